The third-order valence-corrected chi connectivity index (χ3v) is 1.77. The molecule has 0 unspecified atom stereocenters. The van der Waals surface area contributed by atoms with Gasteiger partial charge >= 0.3 is 0 Å². The Kier molecular flexibility index (Phi) is 4.37. The molecule has 1 N–H and O–H groups in total. The molecule has 1 aromatic carbocycles. The molecule has 1 aromatic rings. The van der Waals surface area contributed by atoms with Gasteiger partial charge in [-0.25, -0.2) is 0 Å². The van der Waals surface area contributed by atoms with Gasteiger partial charge in [-0.2, -0.15) is 0 Å². The minimum Gasteiger partial charge on any atom is -0.379 e. The van der Waals surface area contributed by atoms with Crippen LogP contribution in [-0.2, 0) is 0 Å². The molecule has 0 heterocycles. The van der Waals surface area contributed by atoms with Crippen LogP contribution in [-0.4, -0.2) is 6.54 Å². The second-order valence-corrected chi connectivity index (χ2v) is 2.85. The van der Waals surface area contributed by atoms with Gasteiger partial charge < -0.3 is 5.32 Å². The molecule has 0 bridgehead atoms. The first-order valence-corrected chi connectivity index (χ1v) is 4.84. The summed E-state index contributed by atoms with van der Waals surface area (Å²) < 4.78 is 0. The lowest BCUT2D eigenvalue weighted by molar-refractivity contribution is 0.884. The van der Waals surface area contributed by atoms with Crippen LogP contribution in [0.1, 0.15) is 19.4 Å². The molecule has 1 heteroatoms. The Morgan fingerprint density at radius 2 is 2.07 bits per heavy atom. The van der Waals surface area contributed by atoms with Crippen LogP contribution in [0, 0.1) is 11.8 Å². The zero-order chi connectivity index (χ0) is 10.2. The summed E-state index contributed by atoms with van der Waals surface area (Å²) in [5.41, 5.74) is 2.03. The van der Waals surface area contributed by atoms with E-state index in [2.05, 4.69) is 24.1 Å². The summed E-state index contributed by atoms with van der Waals surface area (Å²) >= 11 is 0. The number of benzene rings is 1. The number of rotatable bonds is 2. The first-order chi connectivity index (χ1) is 6.86. The van der Waals surface area contributed by atoms with Gasteiger partial charge in [-0.05, 0) is 31.9 Å². The summed E-state index contributed by atoms with van der Waals surface area (Å²) in [6.45, 7) is 4.95. The van der Waals surface area contributed by atoms with Gasteiger partial charge in [0.05, 0.1) is 5.70 Å². The Morgan fingerprint density at radius 1 is 1.36 bits per heavy atom. The molecule has 0 aliphatic rings. The third kappa shape index (κ3) is 3.37. The maximum Gasteiger partial charge on any atom is 0.0813 e. The average molecular weight is 185 g/mol. The Morgan fingerprint density at radius 3 is 2.64 bits per heavy atom. The van der Waals surface area contributed by atoms with E-state index in [-0.39, 0.29) is 0 Å². The summed E-state index contributed by atoms with van der Waals surface area (Å²) in [4.78, 5) is 0. The Labute approximate surface area is 85.8 Å². The molecule has 0 atom stereocenters. The highest BCUT2D eigenvalue weighted by atomic mass is 14.9. The second kappa shape index (κ2) is 5.88. The minimum absolute atomic E-state index is 0.906. The molecule has 0 saturated carbocycles. The van der Waals surface area contributed by atoms with Crippen LogP contribution in [0.4, 0.5) is 0 Å². The lowest BCUT2D eigenvalue weighted by atomic mass is 10.2. The highest BCUT2D eigenvalue weighted by Gasteiger charge is 1.85. The van der Waals surface area contributed by atoms with E-state index in [4.69, 9.17) is 0 Å². The van der Waals surface area contributed by atoms with E-state index < -0.39 is 0 Å². The molecule has 1 rings (SSSR count). The topological polar surface area (TPSA) is 12.0 Å². The number of hydrogen-bond acceptors (Lipinski definition) is 1. The van der Waals surface area contributed by atoms with E-state index in [1.165, 1.54) is 0 Å². The second-order valence-electron chi connectivity index (χ2n) is 2.85. The maximum absolute atomic E-state index is 3.19. The van der Waals surface area contributed by atoms with Crippen molar-refractivity contribution in [2.45, 2.75) is 13.8 Å². The molecule has 0 saturated heterocycles. The fourth-order valence-electron chi connectivity index (χ4n) is 1.07. The van der Waals surface area contributed by atoms with Crippen LogP contribution >= 0.6 is 0 Å². The quantitative estimate of drug-likeness (QED) is 0.698. The smallest absolute Gasteiger partial charge is 0.0813 e. The fraction of sp³-hybridized carbons (Fsp3) is 0.231. The Bertz CT molecular complexity index is 352. The van der Waals surface area contributed by atoms with Crippen LogP contribution < -0.4 is 5.32 Å². The standard InChI is InChI=1S/C13H15N/c1-3-13(14-4-2)11-10-12-8-6-5-7-9-12/h3,5-9,14H,4H2,1-2H3/b13-3-. The van der Waals surface area contributed by atoms with E-state index >= 15 is 0 Å². The summed E-state index contributed by atoms with van der Waals surface area (Å²) in [5, 5.41) is 3.19. The highest BCUT2D eigenvalue weighted by molar-refractivity contribution is 5.39. The summed E-state index contributed by atoms with van der Waals surface area (Å²) in [6, 6.07) is 9.99. The van der Waals surface area contributed by atoms with Crippen LogP contribution in [0.15, 0.2) is 42.1 Å². The van der Waals surface area contributed by atoms with E-state index in [9.17, 15) is 0 Å². The molecule has 0 spiro atoms. The van der Waals surface area contributed by atoms with E-state index in [1.54, 1.807) is 0 Å². The molecule has 14 heavy (non-hydrogen) atoms. The van der Waals surface area contributed by atoms with Crippen LogP contribution in [0.3, 0.4) is 0 Å². The van der Waals surface area contributed by atoms with Crippen LogP contribution in [0.2, 0.25) is 0 Å². The van der Waals surface area contributed by atoms with Gasteiger partial charge in [0, 0.05) is 12.1 Å². The van der Waals surface area contributed by atoms with Crippen molar-refractivity contribution in [3.63, 3.8) is 0 Å². The van der Waals surface area contributed by atoms with Crippen molar-refractivity contribution in [1.29, 1.82) is 0 Å². The maximum atomic E-state index is 3.19. The molecule has 0 radical (unpaired) electrons. The van der Waals surface area contributed by atoms with Gasteiger partial charge in [-0.3, -0.25) is 0 Å². The predicted molar refractivity (Wildman–Crippen MR) is 60.8 cm³/mol. The minimum atomic E-state index is 0.906. The SMILES string of the molecule is C/C=C(/C#Cc1ccccc1)NCC. The molecule has 72 valence electrons. The summed E-state index contributed by atoms with van der Waals surface area (Å²) in [6.07, 6.45) is 1.99. The molecule has 0 aromatic heterocycles. The van der Waals surface area contributed by atoms with Crippen molar-refractivity contribution < 1.29 is 0 Å². The third-order valence-electron chi connectivity index (χ3n) is 1.77. The van der Waals surface area contributed by atoms with Crippen molar-refractivity contribution in [1.82, 2.24) is 5.32 Å². The highest BCUT2D eigenvalue weighted by Crippen LogP contribution is 1.95. The fourth-order valence-corrected chi connectivity index (χ4v) is 1.07. The molecule has 1 nitrogen and oxygen atoms in total. The lowest BCUT2D eigenvalue weighted by Gasteiger charge is -1.98. The van der Waals surface area contributed by atoms with Crippen molar-refractivity contribution in [2.75, 3.05) is 6.54 Å². The summed E-state index contributed by atoms with van der Waals surface area (Å²) in [7, 11) is 0. The van der Waals surface area contributed by atoms with E-state index in [1.807, 2.05) is 43.3 Å². The van der Waals surface area contributed by atoms with Gasteiger partial charge in [-0.15, -0.1) is 0 Å². The Balaban J connectivity index is 2.72. The molecular weight excluding hydrogens is 170 g/mol. The van der Waals surface area contributed by atoms with Gasteiger partial charge in [0.15, 0.2) is 0 Å². The normalized spacial score (nSPS) is 10.3. The zero-order valence-electron chi connectivity index (χ0n) is 8.67. The van der Waals surface area contributed by atoms with E-state index in [0.717, 1.165) is 17.8 Å². The average Bonchev–Trinajstić information content (AvgIpc) is 2.25. The van der Waals surface area contributed by atoms with Crippen molar-refractivity contribution >= 4 is 0 Å². The molecule has 0 amide bonds. The van der Waals surface area contributed by atoms with Crippen molar-refractivity contribution in [2.24, 2.45) is 0 Å². The number of allylic oxidation sites excluding steroid dienone is 2. The predicted octanol–water partition coefficient (Wildman–Crippen LogP) is 2.55. The molecular formula is C13H15N. The zero-order valence-corrected chi connectivity index (χ0v) is 8.67. The lowest BCUT2D eigenvalue weighted by Crippen LogP contribution is -2.10. The van der Waals surface area contributed by atoms with Crippen molar-refractivity contribution in [3.05, 3.63) is 47.7 Å². The number of hydrogen-bond donors (Lipinski definition) is 1. The van der Waals surface area contributed by atoms with Crippen LogP contribution in [0.5, 0.6) is 0 Å². The van der Waals surface area contributed by atoms with Gasteiger partial charge in [-0.1, -0.05) is 30.2 Å². The Hall–Kier alpha value is -1.68. The van der Waals surface area contributed by atoms with Gasteiger partial charge in [0.25, 0.3) is 0 Å². The summed E-state index contributed by atoms with van der Waals surface area (Å²) in [5.74, 6) is 6.19. The number of nitrogens with one attached hydrogen (secondary N) is 1. The molecule has 0 fully saturated rings. The van der Waals surface area contributed by atoms with Gasteiger partial charge in [0.2, 0.25) is 0 Å². The van der Waals surface area contributed by atoms with Crippen molar-refractivity contribution in [3.8, 4) is 11.8 Å². The van der Waals surface area contributed by atoms with Gasteiger partial charge in [0.1, 0.15) is 0 Å². The van der Waals surface area contributed by atoms with Crippen LogP contribution in [0.25, 0.3) is 0 Å². The molecule has 0 aliphatic heterocycles. The first-order valence-electron chi connectivity index (χ1n) is 4.84. The molecule has 0 aliphatic carbocycles. The monoisotopic (exact) mass is 185 g/mol. The van der Waals surface area contributed by atoms with E-state index in [0.29, 0.717) is 0 Å². The largest absolute Gasteiger partial charge is 0.379 e. The first kappa shape index (κ1) is 10.4.